The van der Waals surface area contributed by atoms with Crippen molar-refractivity contribution >= 4 is 17.3 Å². The Morgan fingerprint density at radius 1 is 1.33 bits per heavy atom. The van der Waals surface area contributed by atoms with Gasteiger partial charge in [-0.05, 0) is 23.1 Å². The van der Waals surface area contributed by atoms with Crippen LogP contribution in [0.5, 0.6) is 0 Å². The van der Waals surface area contributed by atoms with E-state index in [1.54, 1.807) is 11.3 Å². The Morgan fingerprint density at radius 3 is 3.00 bits per heavy atom. The molecule has 0 atom stereocenters. The van der Waals surface area contributed by atoms with Crippen LogP contribution in [0.3, 0.4) is 0 Å². The molecule has 3 aromatic heterocycles. The molecule has 0 aliphatic carbocycles. The van der Waals surface area contributed by atoms with Crippen molar-refractivity contribution in [2.24, 2.45) is 0 Å². The quantitative estimate of drug-likeness (QED) is 0.762. The van der Waals surface area contributed by atoms with Gasteiger partial charge in [0.25, 0.3) is 5.56 Å². The number of hydrogen-bond donors (Lipinski definition) is 2. The minimum Gasteiger partial charge on any atom is -0.369 e. The highest BCUT2D eigenvalue weighted by Gasteiger charge is 2.20. The van der Waals surface area contributed by atoms with E-state index < -0.39 is 0 Å². The van der Waals surface area contributed by atoms with Gasteiger partial charge >= 0.3 is 0 Å². The number of hydrogen-bond acceptors (Lipinski definition) is 6. The molecule has 0 saturated heterocycles. The third kappa shape index (κ3) is 2.95. The second kappa shape index (κ2) is 6.18. The number of fused-ring (bicyclic) bond motifs is 1. The van der Waals surface area contributed by atoms with E-state index in [-0.39, 0.29) is 11.5 Å². The van der Waals surface area contributed by atoms with Gasteiger partial charge in [-0.2, -0.15) is 0 Å². The number of nitrogens with one attached hydrogen (secondary N) is 1. The summed E-state index contributed by atoms with van der Waals surface area (Å²) in [5.74, 6) is 0.195. The summed E-state index contributed by atoms with van der Waals surface area (Å²) in [6, 6.07) is 8.25. The third-order valence-corrected chi connectivity index (χ3v) is 5.06. The summed E-state index contributed by atoms with van der Waals surface area (Å²) in [6.45, 7) is 2.21. The largest absolute Gasteiger partial charge is 0.369 e. The van der Waals surface area contributed by atoms with Crippen LogP contribution < -0.4 is 11.3 Å². The van der Waals surface area contributed by atoms with Crippen LogP contribution >= 0.6 is 11.3 Å². The highest BCUT2D eigenvalue weighted by atomic mass is 32.1. The number of H-pyrrole nitrogens is 1. The summed E-state index contributed by atoms with van der Waals surface area (Å²) in [7, 11) is 0. The molecule has 7 heteroatoms. The van der Waals surface area contributed by atoms with Gasteiger partial charge in [-0.15, -0.1) is 11.3 Å². The lowest BCUT2D eigenvalue weighted by Crippen LogP contribution is -2.35. The van der Waals surface area contributed by atoms with Gasteiger partial charge < -0.3 is 5.73 Å². The first-order chi connectivity index (χ1) is 11.7. The van der Waals surface area contributed by atoms with Gasteiger partial charge in [0, 0.05) is 32.3 Å². The molecule has 0 radical (unpaired) electrons. The highest BCUT2D eigenvalue weighted by Crippen LogP contribution is 2.23. The zero-order valence-electron chi connectivity index (χ0n) is 13.0. The molecule has 4 heterocycles. The molecular formula is C17H17N5OS. The van der Waals surface area contributed by atoms with Gasteiger partial charge in [0.1, 0.15) is 0 Å². The molecule has 1 aliphatic rings. The van der Waals surface area contributed by atoms with E-state index in [2.05, 4.69) is 37.4 Å². The number of nitrogens with zero attached hydrogens (tertiary/aromatic N) is 3. The van der Waals surface area contributed by atoms with Gasteiger partial charge in [-0.3, -0.25) is 19.7 Å². The van der Waals surface area contributed by atoms with Crippen LogP contribution in [0.15, 0.2) is 40.6 Å². The molecule has 0 fully saturated rings. The van der Waals surface area contributed by atoms with Crippen LogP contribution in [0.2, 0.25) is 0 Å². The molecule has 3 aromatic rings. The van der Waals surface area contributed by atoms with E-state index in [9.17, 15) is 4.79 Å². The Bertz CT molecular complexity index is 902. The van der Waals surface area contributed by atoms with Crippen molar-refractivity contribution in [2.45, 2.75) is 19.5 Å². The topological polar surface area (TPSA) is 87.9 Å². The first kappa shape index (κ1) is 15.0. The average Bonchev–Trinajstić information content (AvgIpc) is 3.11. The molecule has 0 bridgehead atoms. The molecule has 0 saturated carbocycles. The molecule has 0 amide bonds. The number of rotatable bonds is 3. The molecular weight excluding hydrogens is 322 g/mol. The van der Waals surface area contributed by atoms with E-state index in [0.29, 0.717) is 6.54 Å². The van der Waals surface area contributed by atoms with Gasteiger partial charge in [-0.1, -0.05) is 12.1 Å². The Hall–Kier alpha value is -2.51. The molecule has 6 nitrogen and oxygen atoms in total. The maximum absolute atomic E-state index is 12.0. The zero-order chi connectivity index (χ0) is 16.5. The molecule has 0 aromatic carbocycles. The number of aromatic amines is 1. The fourth-order valence-corrected chi connectivity index (χ4v) is 3.68. The Morgan fingerprint density at radius 2 is 2.25 bits per heavy atom. The molecule has 1 aliphatic heterocycles. The lowest BCUT2D eigenvalue weighted by molar-refractivity contribution is 0.241. The first-order valence-corrected chi connectivity index (χ1v) is 8.66. The Kier molecular flexibility index (Phi) is 3.87. The van der Waals surface area contributed by atoms with Crippen molar-refractivity contribution in [3.8, 4) is 10.6 Å². The molecule has 24 heavy (non-hydrogen) atoms. The maximum atomic E-state index is 12.0. The lowest BCUT2D eigenvalue weighted by atomic mass is 10.1. The average molecular weight is 339 g/mol. The van der Waals surface area contributed by atoms with Crippen molar-refractivity contribution in [1.82, 2.24) is 19.9 Å². The summed E-state index contributed by atoms with van der Waals surface area (Å²) in [6.07, 6.45) is 2.65. The van der Waals surface area contributed by atoms with Crippen molar-refractivity contribution in [1.29, 1.82) is 0 Å². The van der Waals surface area contributed by atoms with Crippen LogP contribution in [-0.2, 0) is 19.5 Å². The highest BCUT2D eigenvalue weighted by molar-refractivity contribution is 7.13. The number of nitrogen functional groups attached to an aromatic ring is 1. The van der Waals surface area contributed by atoms with Crippen LogP contribution in [0.4, 0.5) is 5.95 Å². The van der Waals surface area contributed by atoms with E-state index >= 15 is 0 Å². The van der Waals surface area contributed by atoms with E-state index in [0.717, 1.165) is 42.0 Å². The van der Waals surface area contributed by atoms with Crippen molar-refractivity contribution in [3.63, 3.8) is 0 Å². The van der Waals surface area contributed by atoms with Crippen LogP contribution in [0.1, 0.15) is 16.8 Å². The summed E-state index contributed by atoms with van der Waals surface area (Å²) in [5.41, 5.74) is 9.15. The molecule has 122 valence electrons. The number of anilines is 1. The second-order valence-corrected chi connectivity index (χ2v) is 6.81. The Labute approximate surface area is 143 Å². The Balaban J connectivity index is 1.49. The molecule has 0 spiro atoms. The fraction of sp³-hybridized carbons (Fsp3) is 0.235. The first-order valence-electron chi connectivity index (χ1n) is 7.78. The van der Waals surface area contributed by atoms with E-state index in [1.165, 1.54) is 4.88 Å². The summed E-state index contributed by atoms with van der Waals surface area (Å²) in [5, 5.41) is 2.05. The van der Waals surface area contributed by atoms with E-state index in [4.69, 9.17) is 5.73 Å². The van der Waals surface area contributed by atoms with Crippen molar-refractivity contribution in [2.75, 3.05) is 12.3 Å². The minimum absolute atomic E-state index is 0.131. The van der Waals surface area contributed by atoms with Gasteiger partial charge in [0.2, 0.25) is 5.95 Å². The van der Waals surface area contributed by atoms with Gasteiger partial charge in [-0.25, -0.2) is 4.98 Å². The van der Waals surface area contributed by atoms with Crippen molar-refractivity contribution < 1.29 is 0 Å². The zero-order valence-corrected chi connectivity index (χ0v) is 13.8. The number of aromatic nitrogens is 3. The summed E-state index contributed by atoms with van der Waals surface area (Å²) in [4.78, 5) is 26.8. The predicted molar refractivity (Wildman–Crippen MR) is 94.6 cm³/mol. The van der Waals surface area contributed by atoms with Gasteiger partial charge in [0.05, 0.1) is 21.8 Å². The molecule has 0 unspecified atom stereocenters. The normalized spacial score (nSPS) is 14.5. The molecule has 3 N–H and O–H groups in total. The monoisotopic (exact) mass is 339 g/mol. The second-order valence-electron chi connectivity index (χ2n) is 5.87. The van der Waals surface area contributed by atoms with Crippen LogP contribution in [0.25, 0.3) is 10.6 Å². The maximum Gasteiger partial charge on any atom is 0.257 e. The SMILES string of the molecule is Nc1nc2c(c(=O)[nH]1)CN(Cc1ccc(-c3cccs3)nc1)CC2. The molecule has 4 rings (SSSR count). The van der Waals surface area contributed by atoms with Crippen molar-refractivity contribution in [3.05, 3.63) is 63.0 Å². The van der Waals surface area contributed by atoms with Crippen LogP contribution in [0, 0.1) is 0 Å². The lowest BCUT2D eigenvalue weighted by Gasteiger charge is -2.27. The number of pyridine rings is 1. The third-order valence-electron chi connectivity index (χ3n) is 4.17. The van der Waals surface area contributed by atoms with E-state index in [1.807, 2.05) is 18.3 Å². The van der Waals surface area contributed by atoms with Gasteiger partial charge in [0.15, 0.2) is 0 Å². The van der Waals surface area contributed by atoms with Crippen LogP contribution in [-0.4, -0.2) is 26.4 Å². The summed E-state index contributed by atoms with van der Waals surface area (Å²) >= 11 is 1.68. The summed E-state index contributed by atoms with van der Waals surface area (Å²) < 4.78 is 0. The number of thiophene rings is 1. The standard InChI is InChI=1S/C17H17N5OS/c18-17-20-13-5-6-22(10-12(13)16(23)21-17)9-11-3-4-14(19-8-11)15-2-1-7-24-15/h1-4,7-8H,5-6,9-10H2,(H3,18,20,21,23). The fourth-order valence-electron chi connectivity index (χ4n) is 2.98. The minimum atomic E-state index is -0.131. The number of nitrogens with two attached hydrogens (primary N) is 1. The predicted octanol–water partition coefficient (Wildman–Crippen LogP) is 2.03. The smallest absolute Gasteiger partial charge is 0.257 e.